The number of amides is 1. The van der Waals surface area contributed by atoms with Crippen molar-refractivity contribution in [1.82, 2.24) is 5.43 Å². The predicted molar refractivity (Wildman–Crippen MR) is 88.9 cm³/mol. The molecule has 0 aromatic heterocycles. The molecule has 0 atom stereocenters. The number of hydrazone groups is 1. The van der Waals surface area contributed by atoms with Crippen molar-refractivity contribution in [3.63, 3.8) is 0 Å². The molecule has 0 aliphatic rings. The lowest BCUT2D eigenvalue weighted by molar-refractivity contribution is 0.0955. The first-order chi connectivity index (χ1) is 10.5. The third kappa shape index (κ3) is 3.90. The molecular weight excluding hydrogens is 325 g/mol. The summed E-state index contributed by atoms with van der Waals surface area (Å²) in [6, 6.07) is 9.84. The van der Waals surface area contributed by atoms with E-state index in [2.05, 4.69) is 10.5 Å². The van der Waals surface area contributed by atoms with Gasteiger partial charge in [0.25, 0.3) is 5.91 Å². The van der Waals surface area contributed by atoms with Gasteiger partial charge in [0, 0.05) is 11.3 Å². The molecular formula is C15H13Cl2N3O2. The molecule has 2 rings (SSSR count). The minimum atomic E-state index is -0.366. The summed E-state index contributed by atoms with van der Waals surface area (Å²) in [6.45, 7) is 0. The van der Waals surface area contributed by atoms with Gasteiger partial charge in [-0.2, -0.15) is 5.10 Å². The molecule has 0 radical (unpaired) electrons. The van der Waals surface area contributed by atoms with Crippen LogP contribution in [0.25, 0.3) is 0 Å². The fraction of sp³-hybridized carbons (Fsp3) is 0.0667. The Morgan fingerprint density at radius 2 is 1.95 bits per heavy atom. The van der Waals surface area contributed by atoms with Crippen molar-refractivity contribution in [2.24, 2.45) is 5.10 Å². The number of anilines is 1. The van der Waals surface area contributed by atoms with E-state index in [4.69, 9.17) is 33.7 Å². The molecule has 5 nitrogen and oxygen atoms in total. The van der Waals surface area contributed by atoms with Crippen LogP contribution in [0.2, 0.25) is 10.0 Å². The number of carbonyl (C=O) groups is 1. The zero-order valence-corrected chi connectivity index (χ0v) is 13.2. The first-order valence-corrected chi connectivity index (χ1v) is 6.99. The van der Waals surface area contributed by atoms with Crippen LogP contribution in [0.15, 0.2) is 41.5 Å². The third-order valence-electron chi connectivity index (χ3n) is 2.75. The topological polar surface area (TPSA) is 76.7 Å². The molecule has 0 spiro atoms. The van der Waals surface area contributed by atoms with E-state index in [1.807, 2.05) is 0 Å². The van der Waals surface area contributed by atoms with Gasteiger partial charge in [-0.25, -0.2) is 5.43 Å². The number of rotatable bonds is 4. The number of nitrogen functional groups attached to an aromatic ring is 1. The SMILES string of the molecule is COc1c(Cl)cc(/C=N\NC(=O)c2cccc(N)c2)cc1Cl. The van der Waals surface area contributed by atoms with E-state index in [0.29, 0.717) is 32.6 Å². The molecule has 0 heterocycles. The first-order valence-electron chi connectivity index (χ1n) is 6.23. The Morgan fingerprint density at radius 3 is 2.55 bits per heavy atom. The van der Waals surface area contributed by atoms with E-state index in [9.17, 15) is 4.79 Å². The fourth-order valence-corrected chi connectivity index (χ4v) is 2.42. The predicted octanol–water partition coefficient (Wildman–Crippen LogP) is 3.35. The highest BCUT2D eigenvalue weighted by molar-refractivity contribution is 6.37. The molecule has 0 saturated carbocycles. The van der Waals surface area contributed by atoms with E-state index in [1.165, 1.54) is 13.3 Å². The zero-order valence-electron chi connectivity index (χ0n) is 11.6. The Bertz CT molecular complexity index is 709. The van der Waals surface area contributed by atoms with Gasteiger partial charge in [0.05, 0.1) is 23.4 Å². The molecule has 22 heavy (non-hydrogen) atoms. The van der Waals surface area contributed by atoms with Crippen molar-refractivity contribution >= 4 is 41.0 Å². The second-order valence-electron chi connectivity index (χ2n) is 4.34. The van der Waals surface area contributed by atoms with Crippen LogP contribution in [-0.4, -0.2) is 19.2 Å². The van der Waals surface area contributed by atoms with Gasteiger partial charge in [0.2, 0.25) is 0 Å². The van der Waals surface area contributed by atoms with Gasteiger partial charge >= 0.3 is 0 Å². The maximum Gasteiger partial charge on any atom is 0.271 e. The number of hydrogen-bond acceptors (Lipinski definition) is 4. The molecule has 2 aromatic carbocycles. The molecule has 0 fully saturated rings. The lowest BCUT2D eigenvalue weighted by Crippen LogP contribution is -2.17. The summed E-state index contributed by atoms with van der Waals surface area (Å²) in [4.78, 5) is 11.9. The Balaban J connectivity index is 2.08. The highest BCUT2D eigenvalue weighted by atomic mass is 35.5. The van der Waals surface area contributed by atoms with Gasteiger partial charge in [-0.15, -0.1) is 0 Å². The van der Waals surface area contributed by atoms with Crippen LogP contribution in [0.5, 0.6) is 5.75 Å². The lowest BCUT2D eigenvalue weighted by atomic mass is 10.2. The van der Waals surface area contributed by atoms with E-state index in [-0.39, 0.29) is 5.91 Å². The molecule has 0 bridgehead atoms. The number of ether oxygens (including phenoxy) is 1. The quantitative estimate of drug-likeness (QED) is 0.510. The van der Waals surface area contributed by atoms with Gasteiger partial charge in [0.15, 0.2) is 5.75 Å². The first kappa shape index (κ1) is 16.1. The molecule has 0 aliphatic heterocycles. The summed E-state index contributed by atoms with van der Waals surface area (Å²) in [5.41, 5.74) is 9.57. The minimum absolute atomic E-state index is 0.360. The van der Waals surface area contributed by atoms with E-state index >= 15 is 0 Å². The molecule has 0 unspecified atom stereocenters. The Kier molecular flexibility index (Phi) is 5.25. The van der Waals surface area contributed by atoms with Gasteiger partial charge < -0.3 is 10.5 Å². The molecule has 3 N–H and O–H groups in total. The summed E-state index contributed by atoms with van der Waals surface area (Å²) in [6.07, 6.45) is 1.43. The molecule has 0 aliphatic carbocycles. The molecule has 1 amide bonds. The second kappa shape index (κ2) is 7.15. The van der Waals surface area contributed by atoms with Gasteiger partial charge in [0.1, 0.15) is 0 Å². The number of hydrogen-bond donors (Lipinski definition) is 2. The highest BCUT2D eigenvalue weighted by Gasteiger charge is 2.08. The van der Waals surface area contributed by atoms with Gasteiger partial charge in [-0.1, -0.05) is 29.3 Å². The monoisotopic (exact) mass is 337 g/mol. The Morgan fingerprint density at radius 1 is 1.27 bits per heavy atom. The standard InChI is InChI=1S/C15H13Cl2N3O2/c1-22-14-12(16)5-9(6-13(14)17)8-19-20-15(21)10-3-2-4-11(18)7-10/h2-8H,18H2,1H3,(H,20,21)/b19-8-. The smallest absolute Gasteiger partial charge is 0.271 e. The normalized spacial score (nSPS) is 10.7. The number of benzene rings is 2. The van der Waals surface area contributed by atoms with Crippen LogP contribution in [-0.2, 0) is 0 Å². The number of carbonyl (C=O) groups excluding carboxylic acids is 1. The molecule has 0 saturated heterocycles. The summed E-state index contributed by atoms with van der Waals surface area (Å²) in [7, 11) is 1.48. The van der Waals surface area contributed by atoms with Gasteiger partial charge in [-0.3, -0.25) is 4.79 Å². The van der Waals surface area contributed by atoms with Crippen LogP contribution in [0.1, 0.15) is 15.9 Å². The maximum absolute atomic E-state index is 11.9. The van der Waals surface area contributed by atoms with Crippen molar-refractivity contribution in [1.29, 1.82) is 0 Å². The van der Waals surface area contributed by atoms with Crippen molar-refractivity contribution < 1.29 is 9.53 Å². The average Bonchev–Trinajstić information content (AvgIpc) is 2.47. The third-order valence-corrected chi connectivity index (χ3v) is 3.31. The van der Waals surface area contributed by atoms with Crippen molar-refractivity contribution in [3.8, 4) is 5.75 Å². The van der Waals surface area contributed by atoms with Crippen molar-refractivity contribution in [2.45, 2.75) is 0 Å². The number of nitrogens with two attached hydrogens (primary N) is 1. The fourth-order valence-electron chi connectivity index (χ4n) is 1.76. The Hall–Kier alpha value is -2.24. The number of methoxy groups -OCH3 is 1. The van der Waals surface area contributed by atoms with Crippen LogP contribution >= 0.6 is 23.2 Å². The van der Waals surface area contributed by atoms with Crippen molar-refractivity contribution in [3.05, 3.63) is 57.6 Å². The molecule has 114 valence electrons. The summed E-state index contributed by atoms with van der Waals surface area (Å²) >= 11 is 12.0. The van der Waals surface area contributed by atoms with Crippen LogP contribution in [0.4, 0.5) is 5.69 Å². The number of halogens is 2. The number of nitrogens with one attached hydrogen (secondary N) is 1. The second-order valence-corrected chi connectivity index (χ2v) is 5.16. The van der Waals surface area contributed by atoms with Gasteiger partial charge in [-0.05, 0) is 35.9 Å². The lowest BCUT2D eigenvalue weighted by Gasteiger charge is -2.06. The highest BCUT2D eigenvalue weighted by Crippen LogP contribution is 2.33. The minimum Gasteiger partial charge on any atom is -0.494 e. The van der Waals surface area contributed by atoms with E-state index < -0.39 is 0 Å². The van der Waals surface area contributed by atoms with E-state index in [0.717, 1.165) is 0 Å². The van der Waals surface area contributed by atoms with E-state index in [1.54, 1.807) is 36.4 Å². The molecule has 2 aromatic rings. The summed E-state index contributed by atoms with van der Waals surface area (Å²) in [5.74, 6) is 0.0264. The average molecular weight is 338 g/mol. The molecule has 7 heteroatoms. The summed E-state index contributed by atoms with van der Waals surface area (Å²) in [5, 5.41) is 4.58. The number of nitrogens with zero attached hydrogens (tertiary/aromatic N) is 1. The maximum atomic E-state index is 11.9. The summed E-state index contributed by atoms with van der Waals surface area (Å²) < 4.78 is 5.05. The van der Waals surface area contributed by atoms with Crippen LogP contribution in [0.3, 0.4) is 0 Å². The van der Waals surface area contributed by atoms with Crippen LogP contribution in [0, 0.1) is 0 Å². The largest absolute Gasteiger partial charge is 0.494 e. The Labute approximate surface area is 137 Å². The van der Waals surface area contributed by atoms with Crippen LogP contribution < -0.4 is 15.9 Å². The zero-order chi connectivity index (χ0) is 16.1. The van der Waals surface area contributed by atoms with Crippen molar-refractivity contribution in [2.75, 3.05) is 12.8 Å².